The van der Waals surface area contributed by atoms with Gasteiger partial charge in [0.25, 0.3) is 0 Å². The lowest BCUT2D eigenvalue weighted by molar-refractivity contribution is -0.113. The van der Waals surface area contributed by atoms with Gasteiger partial charge in [0.15, 0.2) is 0 Å². The standard InChI is InChI=1S/C7H6Cl2N2OS/c8-5-1-4(2-6(9)11-5)10-7(12)3-13/h1-2,13H,3H2,(H,10,11,12). The number of pyridine rings is 1. The molecule has 1 aromatic heterocycles. The summed E-state index contributed by atoms with van der Waals surface area (Å²) in [5.41, 5.74) is 0.518. The number of carbonyl (C=O) groups is 1. The number of carbonyl (C=O) groups excluding carboxylic acids is 1. The summed E-state index contributed by atoms with van der Waals surface area (Å²) >= 11 is 15.0. The Morgan fingerprint density at radius 3 is 2.46 bits per heavy atom. The molecular formula is C7H6Cl2N2OS. The second kappa shape index (κ2) is 4.69. The van der Waals surface area contributed by atoms with E-state index in [0.717, 1.165) is 0 Å². The lowest BCUT2D eigenvalue weighted by Crippen LogP contribution is -2.12. The SMILES string of the molecule is O=C(CS)Nc1cc(Cl)nc(Cl)c1. The molecule has 0 spiro atoms. The summed E-state index contributed by atoms with van der Waals surface area (Å²) in [7, 11) is 0. The summed E-state index contributed by atoms with van der Waals surface area (Å²) in [4.78, 5) is 14.6. The molecule has 1 amide bonds. The number of aromatic nitrogens is 1. The lowest BCUT2D eigenvalue weighted by atomic mass is 10.4. The minimum atomic E-state index is -0.221. The van der Waals surface area contributed by atoms with E-state index in [4.69, 9.17) is 23.2 Å². The van der Waals surface area contributed by atoms with Crippen molar-refractivity contribution in [3.63, 3.8) is 0 Å². The van der Waals surface area contributed by atoms with Crippen molar-refractivity contribution < 1.29 is 4.79 Å². The van der Waals surface area contributed by atoms with Crippen LogP contribution in [-0.4, -0.2) is 16.6 Å². The van der Waals surface area contributed by atoms with Crippen molar-refractivity contribution in [2.75, 3.05) is 11.1 Å². The van der Waals surface area contributed by atoms with Crippen LogP contribution >= 0.6 is 35.8 Å². The molecule has 70 valence electrons. The first-order valence-electron chi connectivity index (χ1n) is 3.35. The van der Waals surface area contributed by atoms with Crippen LogP contribution in [0.5, 0.6) is 0 Å². The number of amides is 1. The first-order chi connectivity index (χ1) is 6.11. The Hall–Kier alpha value is -0.450. The fourth-order valence-electron chi connectivity index (χ4n) is 0.738. The average molecular weight is 237 g/mol. The van der Waals surface area contributed by atoms with Crippen molar-refractivity contribution in [1.82, 2.24) is 4.98 Å². The topological polar surface area (TPSA) is 42.0 Å². The van der Waals surface area contributed by atoms with Crippen LogP contribution in [0.3, 0.4) is 0 Å². The predicted molar refractivity (Wildman–Crippen MR) is 56.7 cm³/mol. The van der Waals surface area contributed by atoms with E-state index in [2.05, 4.69) is 22.9 Å². The third kappa shape index (κ3) is 3.42. The molecule has 0 saturated heterocycles. The molecule has 1 rings (SSSR count). The minimum absolute atomic E-state index is 0.109. The van der Waals surface area contributed by atoms with Gasteiger partial charge in [-0.1, -0.05) is 23.2 Å². The molecular weight excluding hydrogens is 231 g/mol. The minimum Gasteiger partial charge on any atom is -0.325 e. The van der Waals surface area contributed by atoms with Crippen LogP contribution in [0, 0.1) is 0 Å². The second-order valence-corrected chi connectivity index (χ2v) is 3.30. The highest BCUT2D eigenvalue weighted by Crippen LogP contribution is 2.18. The van der Waals surface area contributed by atoms with Gasteiger partial charge in [0, 0.05) is 5.69 Å². The number of thiol groups is 1. The van der Waals surface area contributed by atoms with E-state index in [1.807, 2.05) is 0 Å². The van der Waals surface area contributed by atoms with Crippen molar-refractivity contribution in [2.24, 2.45) is 0 Å². The smallest absolute Gasteiger partial charge is 0.234 e. The molecule has 0 aliphatic heterocycles. The maximum atomic E-state index is 10.9. The Morgan fingerprint density at radius 2 is 2.00 bits per heavy atom. The largest absolute Gasteiger partial charge is 0.325 e. The zero-order chi connectivity index (χ0) is 9.84. The fourth-order valence-corrected chi connectivity index (χ4v) is 1.28. The first kappa shape index (κ1) is 10.6. The molecule has 0 fully saturated rings. The van der Waals surface area contributed by atoms with Gasteiger partial charge in [-0.05, 0) is 12.1 Å². The average Bonchev–Trinajstić information content (AvgIpc) is 2.02. The van der Waals surface area contributed by atoms with E-state index in [-0.39, 0.29) is 22.0 Å². The summed E-state index contributed by atoms with van der Waals surface area (Å²) in [6.07, 6.45) is 0. The molecule has 0 atom stereocenters. The quantitative estimate of drug-likeness (QED) is 0.611. The van der Waals surface area contributed by atoms with Gasteiger partial charge >= 0.3 is 0 Å². The Labute approximate surface area is 90.9 Å². The molecule has 1 heterocycles. The number of nitrogens with zero attached hydrogens (tertiary/aromatic N) is 1. The van der Waals surface area contributed by atoms with Gasteiger partial charge in [-0.15, -0.1) is 0 Å². The van der Waals surface area contributed by atoms with Gasteiger partial charge in [0.1, 0.15) is 10.3 Å². The molecule has 1 aromatic rings. The molecule has 0 unspecified atom stereocenters. The zero-order valence-electron chi connectivity index (χ0n) is 6.42. The fraction of sp³-hybridized carbons (Fsp3) is 0.143. The van der Waals surface area contributed by atoms with Crippen molar-refractivity contribution in [2.45, 2.75) is 0 Å². The molecule has 0 saturated carbocycles. The van der Waals surface area contributed by atoms with Gasteiger partial charge in [-0.2, -0.15) is 12.6 Å². The zero-order valence-corrected chi connectivity index (χ0v) is 8.83. The Morgan fingerprint density at radius 1 is 1.46 bits per heavy atom. The molecule has 0 radical (unpaired) electrons. The second-order valence-electron chi connectivity index (χ2n) is 2.21. The first-order valence-corrected chi connectivity index (χ1v) is 4.74. The summed E-state index contributed by atoms with van der Waals surface area (Å²) in [5, 5.41) is 3.02. The molecule has 13 heavy (non-hydrogen) atoms. The molecule has 0 aliphatic rings. The Bertz CT molecular complexity index is 312. The van der Waals surface area contributed by atoms with Crippen LogP contribution in [-0.2, 0) is 4.79 Å². The normalized spacial score (nSPS) is 9.77. The number of halogens is 2. The number of hydrogen-bond acceptors (Lipinski definition) is 3. The van der Waals surface area contributed by atoms with E-state index in [1.54, 1.807) is 0 Å². The maximum absolute atomic E-state index is 10.9. The van der Waals surface area contributed by atoms with Crippen LogP contribution in [0.15, 0.2) is 12.1 Å². The van der Waals surface area contributed by atoms with E-state index in [1.165, 1.54) is 12.1 Å². The van der Waals surface area contributed by atoms with E-state index in [0.29, 0.717) is 5.69 Å². The highest BCUT2D eigenvalue weighted by molar-refractivity contribution is 7.81. The number of hydrogen-bond donors (Lipinski definition) is 2. The van der Waals surface area contributed by atoms with Crippen molar-refractivity contribution in [3.05, 3.63) is 22.4 Å². The molecule has 6 heteroatoms. The monoisotopic (exact) mass is 236 g/mol. The van der Waals surface area contributed by atoms with Crippen LogP contribution in [0.4, 0.5) is 5.69 Å². The Balaban J connectivity index is 2.83. The van der Waals surface area contributed by atoms with Crippen LogP contribution < -0.4 is 5.32 Å². The predicted octanol–water partition coefficient (Wildman–Crippen LogP) is 2.26. The van der Waals surface area contributed by atoms with Gasteiger partial charge in [-0.3, -0.25) is 4.79 Å². The van der Waals surface area contributed by atoms with Crippen LogP contribution in [0.25, 0.3) is 0 Å². The molecule has 1 N–H and O–H groups in total. The molecule has 0 bridgehead atoms. The van der Waals surface area contributed by atoms with Gasteiger partial charge < -0.3 is 5.32 Å². The summed E-state index contributed by atoms with van der Waals surface area (Å²) in [5.74, 6) is -0.112. The van der Waals surface area contributed by atoms with Crippen molar-refractivity contribution >= 4 is 47.4 Å². The summed E-state index contributed by atoms with van der Waals surface area (Å²) < 4.78 is 0. The summed E-state index contributed by atoms with van der Waals surface area (Å²) in [6.45, 7) is 0. The van der Waals surface area contributed by atoms with Gasteiger partial charge in [0.2, 0.25) is 5.91 Å². The molecule has 0 aliphatic carbocycles. The number of anilines is 1. The highest BCUT2D eigenvalue weighted by atomic mass is 35.5. The van der Waals surface area contributed by atoms with E-state index in [9.17, 15) is 4.79 Å². The van der Waals surface area contributed by atoms with Crippen LogP contribution in [0.2, 0.25) is 10.3 Å². The molecule has 0 aromatic carbocycles. The van der Waals surface area contributed by atoms with Crippen LogP contribution in [0.1, 0.15) is 0 Å². The van der Waals surface area contributed by atoms with Crippen molar-refractivity contribution in [1.29, 1.82) is 0 Å². The third-order valence-corrected chi connectivity index (χ3v) is 1.86. The van der Waals surface area contributed by atoms with Crippen molar-refractivity contribution in [3.8, 4) is 0 Å². The highest BCUT2D eigenvalue weighted by Gasteiger charge is 2.02. The van der Waals surface area contributed by atoms with E-state index < -0.39 is 0 Å². The summed E-state index contributed by atoms with van der Waals surface area (Å²) in [6, 6.07) is 3.02. The lowest BCUT2D eigenvalue weighted by Gasteiger charge is -2.03. The maximum Gasteiger partial charge on any atom is 0.234 e. The number of rotatable bonds is 2. The molecule has 3 nitrogen and oxygen atoms in total. The third-order valence-electron chi connectivity index (χ3n) is 1.19. The van der Waals surface area contributed by atoms with Gasteiger partial charge in [0.05, 0.1) is 5.75 Å². The van der Waals surface area contributed by atoms with Gasteiger partial charge in [-0.25, -0.2) is 4.98 Å². The Kier molecular flexibility index (Phi) is 3.84. The number of nitrogens with one attached hydrogen (secondary N) is 1. The van der Waals surface area contributed by atoms with E-state index >= 15 is 0 Å².